The quantitative estimate of drug-likeness (QED) is 0.785. The highest BCUT2D eigenvalue weighted by molar-refractivity contribution is 7.89. The highest BCUT2D eigenvalue weighted by Crippen LogP contribution is 2.34. The molecule has 0 radical (unpaired) electrons. The van der Waals surface area contributed by atoms with Gasteiger partial charge in [-0.3, -0.25) is 9.69 Å². The standard InChI is InChI=1S/C20H30N4O3S/c1-15-6-5-7-16(2)24(15)19(25)14-23-12-10-20(11-13-23)21-17-8-3-4-9-18(17)28(26,27)22-20/h3-4,8-9,15-16,21-22H,5-7,10-14H2,1-2H3. The fraction of sp³-hybridized carbons (Fsp3) is 0.650. The number of piperidine rings is 2. The van der Waals surface area contributed by atoms with Crippen molar-refractivity contribution in [2.75, 3.05) is 25.0 Å². The third-order valence-corrected chi connectivity index (χ3v) is 8.02. The zero-order valence-electron chi connectivity index (χ0n) is 16.6. The maximum Gasteiger partial charge on any atom is 0.244 e. The van der Waals surface area contributed by atoms with Crippen molar-refractivity contribution >= 4 is 21.6 Å². The van der Waals surface area contributed by atoms with Crippen molar-refractivity contribution in [3.8, 4) is 0 Å². The molecule has 7 nitrogen and oxygen atoms in total. The van der Waals surface area contributed by atoms with Crippen LogP contribution in [-0.2, 0) is 14.8 Å². The van der Waals surface area contributed by atoms with Crippen LogP contribution in [0.4, 0.5) is 5.69 Å². The van der Waals surface area contributed by atoms with Crippen LogP contribution in [0.3, 0.4) is 0 Å². The van der Waals surface area contributed by atoms with Crippen molar-refractivity contribution in [3.05, 3.63) is 24.3 Å². The zero-order chi connectivity index (χ0) is 19.9. The first-order valence-corrected chi connectivity index (χ1v) is 11.7. The van der Waals surface area contributed by atoms with E-state index in [1.807, 2.05) is 17.0 Å². The van der Waals surface area contributed by atoms with Crippen molar-refractivity contribution < 1.29 is 13.2 Å². The molecule has 2 saturated heterocycles. The molecule has 1 amide bonds. The van der Waals surface area contributed by atoms with E-state index in [4.69, 9.17) is 0 Å². The number of hydrogen-bond donors (Lipinski definition) is 2. The number of likely N-dealkylation sites (tertiary alicyclic amines) is 2. The molecular formula is C20H30N4O3S. The summed E-state index contributed by atoms with van der Waals surface area (Å²) in [5, 5.41) is 3.41. The Morgan fingerprint density at radius 2 is 1.79 bits per heavy atom. The van der Waals surface area contributed by atoms with Gasteiger partial charge < -0.3 is 10.2 Å². The second kappa shape index (κ2) is 7.31. The molecular weight excluding hydrogens is 376 g/mol. The Balaban J connectivity index is 1.41. The van der Waals surface area contributed by atoms with Crippen LogP contribution in [0.5, 0.6) is 0 Å². The van der Waals surface area contributed by atoms with E-state index >= 15 is 0 Å². The normalized spacial score (nSPS) is 29.1. The molecule has 3 aliphatic heterocycles. The molecule has 2 fully saturated rings. The summed E-state index contributed by atoms with van der Waals surface area (Å²) in [6.45, 7) is 6.04. The predicted molar refractivity (Wildman–Crippen MR) is 108 cm³/mol. The lowest BCUT2D eigenvalue weighted by Crippen LogP contribution is -2.62. The first-order chi connectivity index (χ1) is 13.3. The number of carbonyl (C=O) groups is 1. The van der Waals surface area contributed by atoms with Crippen LogP contribution in [0.15, 0.2) is 29.2 Å². The van der Waals surface area contributed by atoms with Gasteiger partial charge in [-0.05, 0) is 58.1 Å². The zero-order valence-corrected chi connectivity index (χ0v) is 17.5. The molecule has 2 atom stereocenters. The van der Waals surface area contributed by atoms with E-state index in [0.717, 1.165) is 12.8 Å². The molecule has 28 heavy (non-hydrogen) atoms. The number of fused-ring (bicyclic) bond motifs is 1. The Morgan fingerprint density at radius 3 is 2.46 bits per heavy atom. The molecule has 0 saturated carbocycles. The third-order valence-electron chi connectivity index (χ3n) is 6.43. The second-order valence-corrected chi connectivity index (χ2v) is 10.2. The summed E-state index contributed by atoms with van der Waals surface area (Å²) in [6.07, 6.45) is 4.58. The number of para-hydroxylation sites is 1. The Bertz CT molecular complexity index is 839. The van der Waals surface area contributed by atoms with Gasteiger partial charge >= 0.3 is 0 Å². The first kappa shape index (κ1) is 19.7. The van der Waals surface area contributed by atoms with Gasteiger partial charge in [-0.1, -0.05) is 12.1 Å². The number of amides is 1. The van der Waals surface area contributed by atoms with Gasteiger partial charge in [0.05, 0.1) is 12.2 Å². The number of rotatable bonds is 2. The minimum Gasteiger partial charge on any atom is -0.365 e. The van der Waals surface area contributed by atoms with Crippen LogP contribution in [0.2, 0.25) is 0 Å². The Labute approximate surface area is 167 Å². The molecule has 0 aliphatic carbocycles. The van der Waals surface area contributed by atoms with E-state index in [2.05, 4.69) is 28.8 Å². The van der Waals surface area contributed by atoms with Gasteiger partial charge in [0.1, 0.15) is 10.6 Å². The van der Waals surface area contributed by atoms with Crippen LogP contribution in [0, 0.1) is 0 Å². The summed E-state index contributed by atoms with van der Waals surface area (Å²) in [4.78, 5) is 17.4. The van der Waals surface area contributed by atoms with E-state index in [9.17, 15) is 13.2 Å². The van der Waals surface area contributed by atoms with Gasteiger partial charge in [0.15, 0.2) is 0 Å². The van der Waals surface area contributed by atoms with Gasteiger partial charge in [0.25, 0.3) is 0 Å². The summed E-state index contributed by atoms with van der Waals surface area (Å²) in [6, 6.07) is 7.60. The van der Waals surface area contributed by atoms with Gasteiger partial charge in [0, 0.05) is 25.2 Å². The number of carbonyl (C=O) groups excluding carboxylic acids is 1. The van der Waals surface area contributed by atoms with Gasteiger partial charge in [-0.2, -0.15) is 4.72 Å². The van der Waals surface area contributed by atoms with Crippen molar-refractivity contribution in [1.82, 2.24) is 14.5 Å². The third kappa shape index (κ3) is 3.65. The Hall–Kier alpha value is -1.64. The lowest BCUT2D eigenvalue weighted by Gasteiger charge is -2.46. The SMILES string of the molecule is CC1CCCC(C)N1C(=O)CN1CCC2(CC1)Nc1ccccc1S(=O)(=O)N2. The molecule has 1 aromatic carbocycles. The predicted octanol–water partition coefficient (Wildman–Crippen LogP) is 1.97. The molecule has 0 bridgehead atoms. The molecule has 1 aromatic rings. The van der Waals surface area contributed by atoms with Gasteiger partial charge in [0.2, 0.25) is 15.9 Å². The van der Waals surface area contributed by atoms with Gasteiger partial charge in [-0.25, -0.2) is 8.42 Å². The molecule has 3 aliphatic rings. The molecule has 2 N–H and O–H groups in total. The molecule has 2 unspecified atom stereocenters. The van der Waals surface area contributed by atoms with E-state index in [0.29, 0.717) is 55.1 Å². The van der Waals surface area contributed by atoms with Crippen LogP contribution in [-0.4, -0.2) is 61.5 Å². The minimum atomic E-state index is -3.53. The number of nitrogens with zero attached hydrogens (tertiary/aromatic N) is 2. The van der Waals surface area contributed by atoms with E-state index in [-0.39, 0.29) is 5.91 Å². The Kier molecular flexibility index (Phi) is 5.14. The van der Waals surface area contributed by atoms with E-state index < -0.39 is 15.7 Å². The number of anilines is 1. The molecule has 4 rings (SSSR count). The number of benzene rings is 1. The lowest BCUT2D eigenvalue weighted by molar-refractivity contribution is -0.138. The second-order valence-electron chi connectivity index (χ2n) is 8.51. The van der Waals surface area contributed by atoms with Crippen molar-refractivity contribution in [1.29, 1.82) is 0 Å². The molecule has 154 valence electrons. The van der Waals surface area contributed by atoms with E-state index in [1.165, 1.54) is 6.42 Å². The molecule has 1 spiro atoms. The van der Waals surface area contributed by atoms with Crippen LogP contribution >= 0.6 is 0 Å². The molecule has 3 heterocycles. The summed E-state index contributed by atoms with van der Waals surface area (Å²) >= 11 is 0. The maximum atomic E-state index is 12.9. The van der Waals surface area contributed by atoms with Crippen molar-refractivity contribution in [2.45, 2.75) is 68.6 Å². The number of nitrogens with one attached hydrogen (secondary N) is 2. The van der Waals surface area contributed by atoms with Crippen LogP contribution < -0.4 is 10.0 Å². The van der Waals surface area contributed by atoms with E-state index in [1.54, 1.807) is 12.1 Å². The summed E-state index contributed by atoms with van der Waals surface area (Å²) in [7, 11) is -3.53. The van der Waals surface area contributed by atoms with Crippen LogP contribution in [0.25, 0.3) is 0 Å². The average Bonchev–Trinajstić information content (AvgIpc) is 2.63. The van der Waals surface area contributed by atoms with Gasteiger partial charge in [-0.15, -0.1) is 0 Å². The molecule has 0 aromatic heterocycles. The lowest BCUT2D eigenvalue weighted by atomic mass is 9.96. The largest absolute Gasteiger partial charge is 0.365 e. The van der Waals surface area contributed by atoms with Crippen LogP contribution in [0.1, 0.15) is 46.0 Å². The topological polar surface area (TPSA) is 81.8 Å². The highest BCUT2D eigenvalue weighted by atomic mass is 32.2. The summed E-state index contributed by atoms with van der Waals surface area (Å²) in [5.41, 5.74) is -0.0138. The Morgan fingerprint density at radius 1 is 1.14 bits per heavy atom. The van der Waals surface area contributed by atoms with Crippen molar-refractivity contribution in [2.24, 2.45) is 0 Å². The smallest absolute Gasteiger partial charge is 0.244 e. The summed E-state index contributed by atoms with van der Waals surface area (Å²) in [5.74, 6) is 0.193. The minimum absolute atomic E-state index is 0.193. The first-order valence-electron chi connectivity index (χ1n) is 10.2. The monoisotopic (exact) mass is 406 g/mol. The fourth-order valence-corrected chi connectivity index (χ4v) is 6.45. The number of sulfonamides is 1. The fourth-order valence-electron chi connectivity index (χ4n) is 4.91. The summed E-state index contributed by atoms with van der Waals surface area (Å²) < 4.78 is 28.2. The average molecular weight is 407 g/mol. The molecule has 8 heteroatoms. The maximum absolute atomic E-state index is 12.9. The number of hydrogen-bond acceptors (Lipinski definition) is 5. The van der Waals surface area contributed by atoms with Crippen molar-refractivity contribution in [3.63, 3.8) is 0 Å². The highest BCUT2D eigenvalue weighted by Gasteiger charge is 2.43.